The van der Waals surface area contributed by atoms with Gasteiger partial charge in [0.15, 0.2) is 0 Å². The number of aryl methyl sites for hydroxylation is 1. The first-order valence-electron chi connectivity index (χ1n) is 5.69. The van der Waals surface area contributed by atoms with Crippen LogP contribution in [-0.4, -0.2) is 9.78 Å². The van der Waals surface area contributed by atoms with Gasteiger partial charge in [-0.25, -0.2) is 4.68 Å². The lowest BCUT2D eigenvalue weighted by molar-refractivity contribution is 0.806. The summed E-state index contributed by atoms with van der Waals surface area (Å²) in [7, 11) is 0. The van der Waals surface area contributed by atoms with Crippen molar-refractivity contribution in [3.63, 3.8) is 0 Å². The Morgan fingerprint density at radius 2 is 2.18 bits per heavy atom. The first kappa shape index (κ1) is 12.3. The molecule has 0 amide bonds. The summed E-state index contributed by atoms with van der Waals surface area (Å²) in [6.45, 7) is 4.74. The van der Waals surface area contributed by atoms with E-state index in [2.05, 4.69) is 47.0 Å². The third-order valence-electron chi connectivity index (χ3n) is 2.90. The minimum Gasteiger partial charge on any atom is -0.326 e. The fourth-order valence-electron chi connectivity index (χ4n) is 1.94. The molecule has 0 saturated carbocycles. The van der Waals surface area contributed by atoms with Crippen LogP contribution in [0.2, 0.25) is 0 Å². The fraction of sp³-hybridized carbons (Fsp3) is 0.308. The van der Waals surface area contributed by atoms with E-state index in [9.17, 15) is 0 Å². The van der Waals surface area contributed by atoms with Gasteiger partial charge in [-0.1, -0.05) is 22.9 Å². The highest BCUT2D eigenvalue weighted by atomic mass is 79.9. The van der Waals surface area contributed by atoms with Crippen molar-refractivity contribution in [3.8, 4) is 5.69 Å². The van der Waals surface area contributed by atoms with Gasteiger partial charge in [-0.2, -0.15) is 5.10 Å². The molecule has 2 N–H and O–H groups in total. The van der Waals surface area contributed by atoms with Crippen LogP contribution < -0.4 is 5.73 Å². The molecule has 0 aliphatic heterocycles. The molecule has 0 spiro atoms. The molecule has 4 heteroatoms. The average molecular weight is 294 g/mol. The van der Waals surface area contributed by atoms with Crippen LogP contribution in [0.15, 0.2) is 28.9 Å². The Morgan fingerprint density at radius 1 is 1.41 bits per heavy atom. The maximum absolute atomic E-state index is 5.71. The predicted molar refractivity (Wildman–Crippen MR) is 73.3 cm³/mol. The number of benzene rings is 1. The number of hydrogen-bond acceptors (Lipinski definition) is 2. The van der Waals surface area contributed by atoms with Crippen molar-refractivity contribution in [2.75, 3.05) is 0 Å². The van der Waals surface area contributed by atoms with E-state index in [4.69, 9.17) is 5.73 Å². The van der Waals surface area contributed by atoms with Gasteiger partial charge in [0, 0.05) is 22.3 Å². The summed E-state index contributed by atoms with van der Waals surface area (Å²) in [5, 5.41) is 4.42. The van der Waals surface area contributed by atoms with Crippen LogP contribution in [0.25, 0.3) is 5.69 Å². The standard InChI is InChI=1S/C13H16BrN3/c1-3-13-10(7-15)8-16-17(13)11-4-5-12(14)9(2)6-11/h4-6,8H,3,7,15H2,1-2H3. The van der Waals surface area contributed by atoms with E-state index in [1.165, 1.54) is 11.3 Å². The molecule has 2 aromatic rings. The first-order valence-corrected chi connectivity index (χ1v) is 6.49. The SMILES string of the molecule is CCc1c(CN)cnn1-c1ccc(Br)c(C)c1. The molecule has 0 fully saturated rings. The van der Waals surface area contributed by atoms with Crippen LogP contribution in [0.4, 0.5) is 0 Å². The quantitative estimate of drug-likeness (QED) is 0.945. The highest BCUT2D eigenvalue weighted by Crippen LogP contribution is 2.21. The number of hydrogen-bond donors (Lipinski definition) is 1. The summed E-state index contributed by atoms with van der Waals surface area (Å²) in [4.78, 5) is 0. The fourth-order valence-corrected chi connectivity index (χ4v) is 2.18. The zero-order valence-corrected chi connectivity index (χ0v) is 11.7. The molecule has 0 saturated heterocycles. The van der Waals surface area contributed by atoms with Crippen LogP contribution >= 0.6 is 15.9 Å². The Hall–Kier alpha value is -1.13. The molecule has 1 heterocycles. The van der Waals surface area contributed by atoms with Crippen LogP contribution in [0, 0.1) is 6.92 Å². The minimum absolute atomic E-state index is 0.540. The van der Waals surface area contributed by atoms with E-state index < -0.39 is 0 Å². The van der Waals surface area contributed by atoms with Crippen LogP contribution in [0.1, 0.15) is 23.7 Å². The number of halogens is 1. The molecule has 0 aliphatic rings. The number of nitrogens with zero attached hydrogens (tertiary/aromatic N) is 2. The van der Waals surface area contributed by atoms with Crippen molar-refractivity contribution in [2.45, 2.75) is 26.8 Å². The number of aromatic nitrogens is 2. The number of nitrogens with two attached hydrogens (primary N) is 1. The molecule has 1 aromatic carbocycles. The molecule has 1 aromatic heterocycles. The Balaban J connectivity index is 2.52. The van der Waals surface area contributed by atoms with Gasteiger partial charge < -0.3 is 5.73 Å². The van der Waals surface area contributed by atoms with Crippen molar-refractivity contribution >= 4 is 15.9 Å². The Morgan fingerprint density at radius 3 is 2.76 bits per heavy atom. The Bertz CT molecular complexity index is 531. The van der Waals surface area contributed by atoms with E-state index in [-0.39, 0.29) is 0 Å². The van der Waals surface area contributed by atoms with Gasteiger partial charge in [-0.15, -0.1) is 0 Å². The summed E-state index contributed by atoms with van der Waals surface area (Å²) in [5.74, 6) is 0. The number of rotatable bonds is 3. The van der Waals surface area contributed by atoms with E-state index >= 15 is 0 Å². The second-order valence-electron chi connectivity index (χ2n) is 4.02. The van der Waals surface area contributed by atoms with Gasteiger partial charge >= 0.3 is 0 Å². The van der Waals surface area contributed by atoms with Gasteiger partial charge in [0.25, 0.3) is 0 Å². The third kappa shape index (κ3) is 2.28. The molecule has 17 heavy (non-hydrogen) atoms. The van der Waals surface area contributed by atoms with Crippen LogP contribution in [0.5, 0.6) is 0 Å². The summed E-state index contributed by atoms with van der Waals surface area (Å²) in [5.41, 5.74) is 10.3. The lowest BCUT2D eigenvalue weighted by Crippen LogP contribution is -2.05. The van der Waals surface area contributed by atoms with Crippen molar-refractivity contribution in [2.24, 2.45) is 5.73 Å². The lowest BCUT2D eigenvalue weighted by atomic mass is 10.2. The summed E-state index contributed by atoms with van der Waals surface area (Å²) in [6.07, 6.45) is 2.79. The van der Waals surface area contributed by atoms with Crippen LogP contribution in [-0.2, 0) is 13.0 Å². The average Bonchev–Trinajstić information content (AvgIpc) is 2.75. The summed E-state index contributed by atoms with van der Waals surface area (Å²) < 4.78 is 3.09. The second-order valence-corrected chi connectivity index (χ2v) is 4.87. The van der Waals surface area contributed by atoms with E-state index in [1.54, 1.807) is 0 Å². The van der Waals surface area contributed by atoms with E-state index in [0.717, 1.165) is 22.1 Å². The van der Waals surface area contributed by atoms with E-state index in [0.29, 0.717) is 6.54 Å². The summed E-state index contributed by atoms with van der Waals surface area (Å²) >= 11 is 3.51. The molecule has 0 atom stereocenters. The van der Waals surface area contributed by atoms with E-state index in [1.807, 2.05) is 16.9 Å². The van der Waals surface area contributed by atoms with Gasteiger partial charge in [-0.3, -0.25) is 0 Å². The topological polar surface area (TPSA) is 43.8 Å². The van der Waals surface area contributed by atoms with Gasteiger partial charge in [-0.05, 0) is 37.1 Å². The maximum atomic E-state index is 5.71. The second kappa shape index (κ2) is 5.02. The van der Waals surface area contributed by atoms with Crippen LogP contribution in [0.3, 0.4) is 0 Å². The predicted octanol–water partition coefficient (Wildman–Crippen LogP) is 2.96. The van der Waals surface area contributed by atoms with Gasteiger partial charge in [0.1, 0.15) is 0 Å². The van der Waals surface area contributed by atoms with Crippen molar-refractivity contribution in [1.82, 2.24) is 9.78 Å². The lowest BCUT2D eigenvalue weighted by Gasteiger charge is -2.09. The van der Waals surface area contributed by atoms with Gasteiger partial charge in [0.05, 0.1) is 11.9 Å². The Labute approximate surface area is 110 Å². The molecular weight excluding hydrogens is 278 g/mol. The molecule has 90 valence electrons. The van der Waals surface area contributed by atoms with Crippen molar-refractivity contribution in [1.29, 1.82) is 0 Å². The third-order valence-corrected chi connectivity index (χ3v) is 3.79. The maximum Gasteiger partial charge on any atom is 0.0652 e. The van der Waals surface area contributed by atoms with Gasteiger partial charge in [0.2, 0.25) is 0 Å². The largest absolute Gasteiger partial charge is 0.326 e. The first-order chi connectivity index (χ1) is 8.17. The monoisotopic (exact) mass is 293 g/mol. The molecule has 0 unspecified atom stereocenters. The van der Waals surface area contributed by atoms with Crippen molar-refractivity contribution in [3.05, 3.63) is 45.7 Å². The highest BCUT2D eigenvalue weighted by molar-refractivity contribution is 9.10. The zero-order chi connectivity index (χ0) is 12.4. The molecular formula is C13H16BrN3. The normalized spacial score (nSPS) is 10.8. The highest BCUT2D eigenvalue weighted by Gasteiger charge is 2.09. The van der Waals surface area contributed by atoms with Crippen molar-refractivity contribution < 1.29 is 0 Å². The summed E-state index contributed by atoms with van der Waals surface area (Å²) in [6, 6.07) is 6.23. The molecule has 0 bridgehead atoms. The molecule has 0 aliphatic carbocycles. The minimum atomic E-state index is 0.540. The zero-order valence-electron chi connectivity index (χ0n) is 10.1. The Kier molecular flexibility index (Phi) is 3.64. The molecule has 0 radical (unpaired) electrons. The smallest absolute Gasteiger partial charge is 0.0652 e. The molecule has 3 nitrogen and oxygen atoms in total. The molecule has 2 rings (SSSR count).